The Kier molecular flexibility index (Phi) is 3.40. The first-order valence-corrected chi connectivity index (χ1v) is 4.50. The molecule has 0 aliphatic rings. The fourth-order valence-corrected chi connectivity index (χ4v) is 1.16. The van der Waals surface area contributed by atoms with Gasteiger partial charge in [0.05, 0.1) is 11.8 Å². The molecule has 0 saturated carbocycles. The second-order valence-electron chi connectivity index (χ2n) is 3.17. The molecular weight excluding hydrogens is 176 g/mol. The van der Waals surface area contributed by atoms with Gasteiger partial charge in [0.1, 0.15) is 0 Å². The van der Waals surface area contributed by atoms with Gasteiger partial charge in [-0.05, 0) is 19.4 Å². The standard InChI is InChI=1S/C11H14N2O/c1-8(13-9(2)11(12)14)10-6-4-3-5-7-10/h3-8H,1-2H3,(H2,12,14). The number of aliphatic imine (C=N–C) groups is 1. The van der Waals surface area contributed by atoms with E-state index in [-0.39, 0.29) is 6.04 Å². The summed E-state index contributed by atoms with van der Waals surface area (Å²) in [6, 6.07) is 9.76. The summed E-state index contributed by atoms with van der Waals surface area (Å²) in [6.07, 6.45) is 0. The quantitative estimate of drug-likeness (QED) is 0.724. The number of hydrogen-bond donors (Lipinski definition) is 1. The maximum absolute atomic E-state index is 10.8. The first-order chi connectivity index (χ1) is 6.61. The Morgan fingerprint density at radius 3 is 2.43 bits per heavy atom. The molecule has 74 valence electrons. The Morgan fingerprint density at radius 2 is 1.93 bits per heavy atom. The zero-order chi connectivity index (χ0) is 10.6. The average Bonchev–Trinajstić information content (AvgIpc) is 2.19. The molecular formula is C11H14N2O. The van der Waals surface area contributed by atoms with Crippen molar-refractivity contribution in [3.8, 4) is 0 Å². The first kappa shape index (κ1) is 10.4. The molecule has 0 heterocycles. The van der Waals surface area contributed by atoms with Crippen LogP contribution in [0.4, 0.5) is 0 Å². The summed E-state index contributed by atoms with van der Waals surface area (Å²) in [5, 5.41) is 0. The van der Waals surface area contributed by atoms with E-state index < -0.39 is 5.91 Å². The Labute approximate surface area is 83.7 Å². The number of carbonyl (C=O) groups is 1. The van der Waals surface area contributed by atoms with Crippen LogP contribution in [0.25, 0.3) is 0 Å². The van der Waals surface area contributed by atoms with Crippen molar-refractivity contribution in [3.63, 3.8) is 0 Å². The fourth-order valence-electron chi connectivity index (χ4n) is 1.16. The van der Waals surface area contributed by atoms with Crippen LogP contribution < -0.4 is 5.73 Å². The van der Waals surface area contributed by atoms with E-state index in [1.165, 1.54) is 0 Å². The van der Waals surface area contributed by atoms with Crippen LogP contribution in [-0.4, -0.2) is 11.6 Å². The topological polar surface area (TPSA) is 55.4 Å². The summed E-state index contributed by atoms with van der Waals surface area (Å²) in [5.74, 6) is -0.465. The third-order valence-electron chi connectivity index (χ3n) is 2.03. The molecule has 1 atom stereocenters. The number of rotatable bonds is 3. The Morgan fingerprint density at radius 1 is 1.36 bits per heavy atom. The molecule has 14 heavy (non-hydrogen) atoms. The number of amides is 1. The van der Waals surface area contributed by atoms with Gasteiger partial charge in [-0.15, -0.1) is 0 Å². The van der Waals surface area contributed by atoms with Crippen molar-refractivity contribution in [1.82, 2.24) is 0 Å². The molecule has 0 aliphatic carbocycles. The summed E-state index contributed by atoms with van der Waals surface area (Å²) in [7, 11) is 0. The van der Waals surface area contributed by atoms with Crippen molar-refractivity contribution in [2.75, 3.05) is 0 Å². The fraction of sp³-hybridized carbons (Fsp3) is 0.273. The van der Waals surface area contributed by atoms with E-state index in [1.807, 2.05) is 37.3 Å². The van der Waals surface area contributed by atoms with Crippen molar-refractivity contribution in [1.29, 1.82) is 0 Å². The highest BCUT2D eigenvalue weighted by Gasteiger charge is 2.05. The largest absolute Gasteiger partial charge is 0.365 e. The minimum atomic E-state index is -0.465. The molecule has 0 bridgehead atoms. The SMILES string of the molecule is CC(=NC(C)c1ccccc1)C(N)=O. The average molecular weight is 190 g/mol. The molecule has 3 nitrogen and oxygen atoms in total. The van der Waals surface area contributed by atoms with Crippen LogP contribution in [0.1, 0.15) is 25.5 Å². The zero-order valence-electron chi connectivity index (χ0n) is 8.40. The van der Waals surface area contributed by atoms with Crippen LogP contribution in [0, 0.1) is 0 Å². The van der Waals surface area contributed by atoms with Crippen LogP contribution in [0.15, 0.2) is 35.3 Å². The highest BCUT2D eigenvalue weighted by molar-refractivity contribution is 6.37. The maximum Gasteiger partial charge on any atom is 0.262 e. The predicted molar refractivity (Wildman–Crippen MR) is 57.2 cm³/mol. The van der Waals surface area contributed by atoms with Crippen LogP contribution in [0.3, 0.4) is 0 Å². The number of primary amides is 1. The summed E-state index contributed by atoms with van der Waals surface area (Å²) in [4.78, 5) is 14.9. The van der Waals surface area contributed by atoms with Gasteiger partial charge in [-0.3, -0.25) is 9.79 Å². The monoisotopic (exact) mass is 190 g/mol. The smallest absolute Gasteiger partial charge is 0.262 e. The lowest BCUT2D eigenvalue weighted by Gasteiger charge is -2.06. The lowest BCUT2D eigenvalue weighted by Crippen LogP contribution is -2.20. The molecule has 1 aromatic carbocycles. The lowest BCUT2D eigenvalue weighted by atomic mass is 10.1. The molecule has 0 aliphatic heterocycles. The van der Waals surface area contributed by atoms with Gasteiger partial charge in [-0.2, -0.15) is 0 Å². The molecule has 0 fully saturated rings. The highest BCUT2D eigenvalue weighted by atomic mass is 16.1. The molecule has 3 heteroatoms. The van der Waals surface area contributed by atoms with Crippen molar-refractivity contribution in [3.05, 3.63) is 35.9 Å². The van der Waals surface area contributed by atoms with Crippen LogP contribution in [0.2, 0.25) is 0 Å². The second kappa shape index (κ2) is 4.56. The molecule has 1 aromatic rings. The minimum Gasteiger partial charge on any atom is -0.365 e. The maximum atomic E-state index is 10.8. The Hall–Kier alpha value is -1.64. The molecule has 0 saturated heterocycles. The van der Waals surface area contributed by atoms with Gasteiger partial charge in [0, 0.05) is 0 Å². The third-order valence-corrected chi connectivity index (χ3v) is 2.03. The number of nitrogens with two attached hydrogens (primary N) is 1. The van der Waals surface area contributed by atoms with Gasteiger partial charge < -0.3 is 5.73 Å². The van der Waals surface area contributed by atoms with E-state index in [0.717, 1.165) is 5.56 Å². The van der Waals surface area contributed by atoms with E-state index in [0.29, 0.717) is 5.71 Å². The molecule has 1 rings (SSSR count). The summed E-state index contributed by atoms with van der Waals surface area (Å²) in [5.41, 5.74) is 6.53. The normalized spacial score (nSPS) is 13.7. The van der Waals surface area contributed by atoms with E-state index in [1.54, 1.807) is 6.92 Å². The number of hydrogen-bond acceptors (Lipinski definition) is 2. The number of nitrogens with zero attached hydrogens (tertiary/aromatic N) is 1. The molecule has 2 N–H and O–H groups in total. The minimum absolute atomic E-state index is 0.0244. The number of carbonyl (C=O) groups excluding carboxylic acids is 1. The van der Waals surface area contributed by atoms with Gasteiger partial charge >= 0.3 is 0 Å². The summed E-state index contributed by atoms with van der Waals surface area (Å²) < 4.78 is 0. The zero-order valence-corrected chi connectivity index (χ0v) is 8.40. The highest BCUT2D eigenvalue weighted by Crippen LogP contribution is 2.15. The Balaban J connectivity index is 2.82. The van der Waals surface area contributed by atoms with Crippen molar-refractivity contribution in [2.24, 2.45) is 10.7 Å². The van der Waals surface area contributed by atoms with E-state index >= 15 is 0 Å². The Bertz CT molecular complexity index is 344. The number of benzene rings is 1. The first-order valence-electron chi connectivity index (χ1n) is 4.50. The molecule has 0 aromatic heterocycles. The van der Waals surface area contributed by atoms with Gasteiger partial charge in [-0.1, -0.05) is 30.3 Å². The van der Waals surface area contributed by atoms with Crippen LogP contribution in [0.5, 0.6) is 0 Å². The lowest BCUT2D eigenvalue weighted by molar-refractivity contribution is -0.112. The molecule has 1 unspecified atom stereocenters. The van der Waals surface area contributed by atoms with Crippen molar-refractivity contribution < 1.29 is 4.79 Å². The van der Waals surface area contributed by atoms with Crippen LogP contribution in [-0.2, 0) is 4.79 Å². The van der Waals surface area contributed by atoms with Gasteiger partial charge in [-0.25, -0.2) is 0 Å². The molecule has 1 amide bonds. The predicted octanol–water partition coefficient (Wildman–Crippen LogP) is 1.69. The van der Waals surface area contributed by atoms with E-state index in [9.17, 15) is 4.79 Å². The third kappa shape index (κ3) is 2.69. The van der Waals surface area contributed by atoms with Gasteiger partial charge in [0.2, 0.25) is 0 Å². The van der Waals surface area contributed by atoms with E-state index in [2.05, 4.69) is 4.99 Å². The van der Waals surface area contributed by atoms with Gasteiger partial charge in [0.15, 0.2) is 0 Å². The van der Waals surface area contributed by atoms with Crippen molar-refractivity contribution in [2.45, 2.75) is 19.9 Å². The van der Waals surface area contributed by atoms with Crippen LogP contribution >= 0.6 is 0 Å². The summed E-state index contributed by atoms with van der Waals surface area (Å²) in [6.45, 7) is 3.56. The van der Waals surface area contributed by atoms with Gasteiger partial charge in [0.25, 0.3) is 5.91 Å². The second-order valence-corrected chi connectivity index (χ2v) is 3.17. The van der Waals surface area contributed by atoms with Crippen molar-refractivity contribution >= 4 is 11.6 Å². The molecule has 0 spiro atoms. The van der Waals surface area contributed by atoms with E-state index in [4.69, 9.17) is 5.73 Å². The molecule has 0 radical (unpaired) electrons. The summed E-state index contributed by atoms with van der Waals surface area (Å²) >= 11 is 0.